The predicted octanol–water partition coefficient (Wildman–Crippen LogP) is 3.90. The van der Waals surface area contributed by atoms with Crippen molar-refractivity contribution in [3.8, 4) is 0 Å². The minimum atomic E-state index is -4.16. The topological polar surface area (TPSA) is 42.9 Å². The highest BCUT2D eigenvalue weighted by atomic mass is 127. The number of benzene rings is 1. The van der Waals surface area contributed by atoms with Crippen LogP contribution in [0.4, 0.5) is 13.2 Å². The van der Waals surface area contributed by atoms with Crippen LogP contribution in [-0.4, -0.2) is 74.3 Å². The Morgan fingerprint density at radius 3 is 2.63 bits per heavy atom. The molecule has 0 spiro atoms. The molecule has 2 N–H and O–H groups in total. The van der Waals surface area contributed by atoms with Crippen LogP contribution in [-0.2, 0) is 0 Å². The van der Waals surface area contributed by atoms with Gasteiger partial charge < -0.3 is 10.6 Å². The Morgan fingerprint density at radius 2 is 2.00 bits per heavy atom. The van der Waals surface area contributed by atoms with E-state index >= 15 is 0 Å². The summed E-state index contributed by atoms with van der Waals surface area (Å²) in [5.74, 6) is 0.620. The molecule has 5 nitrogen and oxygen atoms in total. The molecule has 2 unspecified atom stereocenters. The number of guanidine groups is 1. The highest BCUT2D eigenvalue weighted by Gasteiger charge is 2.34. The fourth-order valence-electron chi connectivity index (χ4n) is 4.15. The van der Waals surface area contributed by atoms with Gasteiger partial charge in [-0.2, -0.15) is 13.2 Å². The predicted molar refractivity (Wildman–Crippen MR) is 126 cm³/mol. The lowest BCUT2D eigenvalue weighted by atomic mass is 10.1. The second kappa shape index (κ2) is 11.7. The van der Waals surface area contributed by atoms with Gasteiger partial charge in [-0.15, -0.1) is 24.0 Å². The van der Waals surface area contributed by atoms with Crippen LogP contribution >= 0.6 is 35.6 Å². The molecule has 0 amide bonds. The average Bonchev–Trinajstić information content (AvgIpc) is 3.32. The van der Waals surface area contributed by atoms with Gasteiger partial charge in [0.25, 0.3) is 0 Å². The first-order chi connectivity index (χ1) is 13.8. The van der Waals surface area contributed by atoms with Crippen molar-refractivity contribution >= 4 is 41.5 Å². The van der Waals surface area contributed by atoms with Gasteiger partial charge in [0.2, 0.25) is 0 Å². The minimum absolute atomic E-state index is 0. The number of halogens is 5. The van der Waals surface area contributed by atoms with Crippen molar-refractivity contribution in [1.82, 2.24) is 20.4 Å². The van der Waals surface area contributed by atoms with Gasteiger partial charge in [0.05, 0.1) is 12.6 Å². The average molecular weight is 560 g/mol. The lowest BCUT2D eigenvalue weighted by Crippen LogP contribution is -2.47. The number of hydrogen-bond donors (Lipinski definition) is 2. The number of nitrogens with one attached hydrogen (secondary N) is 2. The maximum Gasteiger partial charge on any atom is 0.401 e. The lowest BCUT2D eigenvalue weighted by molar-refractivity contribution is -0.143. The van der Waals surface area contributed by atoms with E-state index in [0.29, 0.717) is 37.0 Å². The number of hydrogen-bond acceptors (Lipinski definition) is 3. The highest BCUT2D eigenvalue weighted by Crippen LogP contribution is 2.26. The third kappa shape index (κ3) is 7.72. The Kier molecular flexibility index (Phi) is 9.96. The third-order valence-electron chi connectivity index (χ3n) is 5.52. The van der Waals surface area contributed by atoms with Crippen LogP contribution in [0.15, 0.2) is 29.3 Å². The molecule has 0 radical (unpaired) electrons. The first-order valence-corrected chi connectivity index (χ1v) is 10.5. The zero-order valence-corrected chi connectivity index (χ0v) is 20.2. The molecule has 30 heavy (non-hydrogen) atoms. The molecule has 0 bridgehead atoms. The summed E-state index contributed by atoms with van der Waals surface area (Å²) in [4.78, 5) is 8.14. The van der Waals surface area contributed by atoms with Crippen molar-refractivity contribution in [3.63, 3.8) is 0 Å². The molecule has 1 aromatic carbocycles. The molecule has 0 aromatic heterocycles. The smallest absolute Gasteiger partial charge is 0.354 e. The monoisotopic (exact) mass is 559 g/mol. The summed E-state index contributed by atoms with van der Waals surface area (Å²) in [6, 6.07) is 8.03. The van der Waals surface area contributed by atoms with E-state index in [1.54, 1.807) is 7.05 Å². The molecule has 0 saturated carbocycles. The van der Waals surface area contributed by atoms with Gasteiger partial charge in [-0.05, 0) is 50.0 Å². The molecule has 3 rings (SSSR count). The second-order valence-electron chi connectivity index (χ2n) is 7.75. The summed E-state index contributed by atoms with van der Waals surface area (Å²) in [5, 5.41) is 7.36. The van der Waals surface area contributed by atoms with E-state index in [-0.39, 0.29) is 36.1 Å². The van der Waals surface area contributed by atoms with E-state index in [0.717, 1.165) is 18.7 Å². The number of likely N-dealkylation sites (tertiary alicyclic amines) is 2. The van der Waals surface area contributed by atoms with Crippen molar-refractivity contribution in [2.75, 3.05) is 46.3 Å². The summed E-state index contributed by atoms with van der Waals surface area (Å²) >= 11 is 6.20. The second-order valence-corrected chi connectivity index (χ2v) is 8.18. The van der Waals surface area contributed by atoms with Crippen LogP contribution in [0, 0.1) is 0 Å². The Balaban J connectivity index is 0.00000320. The maximum atomic E-state index is 12.6. The van der Waals surface area contributed by atoms with E-state index in [2.05, 4.69) is 26.6 Å². The summed E-state index contributed by atoms with van der Waals surface area (Å²) in [7, 11) is 1.68. The van der Waals surface area contributed by atoms with Crippen LogP contribution < -0.4 is 10.6 Å². The summed E-state index contributed by atoms with van der Waals surface area (Å²) in [6.07, 6.45) is -1.13. The van der Waals surface area contributed by atoms with Crippen LogP contribution in [0.3, 0.4) is 0 Å². The van der Waals surface area contributed by atoms with E-state index in [4.69, 9.17) is 11.6 Å². The first kappa shape index (κ1) is 25.5. The minimum Gasteiger partial charge on any atom is -0.354 e. The molecule has 10 heteroatoms. The molecule has 2 aliphatic rings. The number of alkyl halides is 3. The first-order valence-electron chi connectivity index (χ1n) is 10.1. The molecule has 2 aliphatic heterocycles. The van der Waals surface area contributed by atoms with Gasteiger partial charge in [0.1, 0.15) is 0 Å². The highest BCUT2D eigenvalue weighted by molar-refractivity contribution is 14.0. The van der Waals surface area contributed by atoms with E-state index in [1.807, 2.05) is 18.2 Å². The zero-order chi connectivity index (χ0) is 20.9. The van der Waals surface area contributed by atoms with E-state index < -0.39 is 12.7 Å². The Hall–Kier alpha value is -0.780. The van der Waals surface area contributed by atoms with Crippen LogP contribution in [0.25, 0.3) is 0 Å². The number of aliphatic imine (C=N–C) groups is 1. The Bertz CT molecular complexity index is 697. The van der Waals surface area contributed by atoms with E-state index in [9.17, 15) is 13.2 Å². The van der Waals surface area contributed by atoms with Crippen molar-refractivity contribution in [1.29, 1.82) is 0 Å². The van der Waals surface area contributed by atoms with Crippen molar-refractivity contribution < 1.29 is 13.2 Å². The largest absolute Gasteiger partial charge is 0.401 e. The molecule has 2 fully saturated rings. The van der Waals surface area contributed by atoms with Crippen LogP contribution in [0.1, 0.15) is 30.9 Å². The normalized spacial score (nSPS) is 22.0. The SMILES string of the molecule is CN=C(NCC(c1cccc(Cl)c1)N1CCCC1)NC1CCN(CC(F)(F)F)C1.I. The summed E-state index contributed by atoms with van der Waals surface area (Å²) in [6.45, 7) is 2.68. The van der Waals surface area contributed by atoms with Gasteiger partial charge >= 0.3 is 6.18 Å². The maximum absolute atomic E-state index is 12.6. The Morgan fingerprint density at radius 1 is 1.27 bits per heavy atom. The van der Waals surface area contributed by atoms with Crippen LogP contribution in [0.2, 0.25) is 5.02 Å². The van der Waals surface area contributed by atoms with Gasteiger partial charge in [-0.1, -0.05) is 23.7 Å². The van der Waals surface area contributed by atoms with Crippen molar-refractivity contribution in [3.05, 3.63) is 34.9 Å². The lowest BCUT2D eigenvalue weighted by Gasteiger charge is -2.29. The summed E-state index contributed by atoms with van der Waals surface area (Å²) in [5.41, 5.74) is 1.15. The van der Waals surface area contributed by atoms with Crippen molar-refractivity contribution in [2.45, 2.75) is 37.5 Å². The standard InChI is InChI=1S/C20H29ClF3N5.HI/c1-25-19(27-17-7-10-28(13-17)14-20(22,23)24)26-12-18(29-8-2-3-9-29)15-5-4-6-16(21)11-15;/h4-6,11,17-18H,2-3,7-10,12-14H2,1H3,(H2,25,26,27);1H. The van der Waals surface area contributed by atoms with Gasteiger partial charge in [0.15, 0.2) is 5.96 Å². The van der Waals surface area contributed by atoms with Gasteiger partial charge in [-0.3, -0.25) is 14.8 Å². The van der Waals surface area contributed by atoms with Crippen LogP contribution in [0.5, 0.6) is 0 Å². The molecule has 2 atom stereocenters. The zero-order valence-electron chi connectivity index (χ0n) is 17.1. The van der Waals surface area contributed by atoms with E-state index in [1.165, 1.54) is 17.7 Å². The molecular formula is C20H30ClF3IN5. The van der Waals surface area contributed by atoms with Gasteiger partial charge in [-0.25, -0.2) is 0 Å². The molecule has 1 aromatic rings. The third-order valence-corrected chi connectivity index (χ3v) is 5.75. The fraction of sp³-hybridized carbons (Fsp3) is 0.650. The van der Waals surface area contributed by atoms with Gasteiger partial charge in [0, 0.05) is 37.7 Å². The van der Waals surface area contributed by atoms with Crippen molar-refractivity contribution in [2.24, 2.45) is 4.99 Å². The molecular weight excluding hydrogens is 530 g/mol. The molecule has 2 heterocycles. The molecule has 170 valence electrons. The quantitative estimate of drug-likeness (QED) is 0.315. The summed E-state index contributed by atoms with van der Waals surface area (Å²) < 4.78 is 37.8. The molecule has 2 saturated heterocycles. The Labute approximate surface area is 198 Å². The number of nitrogens with zero attached hydrogens (tertiary/aromatic N) is 3. The fourth-order valence-corrected chi connectivity index (χ4v) is 4.35. The molecule has 0 aliphatic carbocycles. The number of rotatable bonds is 6.